The fraction of sp³-hybridized carbons (Fsp3) is 0.333. The first kappa shape index (κ1) is 15.6. The van der Waals surface area contributed by atoms with Crippen LogP contribution in [-0.4, -0.2) is 43.5 Å². The fourth-order valence-corrected chi connectivity index (χ4v) is 2.05. The third kappa shape index (κ3) is 4.35. The number of aromatic nitrogens is 1. The van der Waals surface area contributed by atoms with Gasteiger partial charge in [-0.25, -0.2) is 4.98 Å². The van der Waals surface area contributed by atoms with Crippen LogP contribution in [0.5, 0.6) is 5.88 Å². The van der Waals surface area contributed by atoms with Crippen molar-refractivity contribution in [1.82, 2.24) is 4.98 Å². The maximum atomic E-state index is 5.77. The van der Waals surface area contributed by atoms with E-state index in [1.807, 2.05) is 24.3 Å². The molecule has 0 fully saturated rings. The number of benzene rings is 1. The highest BCUT2D eigenvalue weighted by atomic mass is 32.1. The lowest BCUT2D eigenvalue weighted by molar-refractivity contribution is 0.0537. The third-order valence-corrected chi connectivity index (χ3v) is 3.09. The highest BCUT2D eigenvalue weighted by Crippen LogP contribution is 2.21. The zero-order valence-corrected chi connectivity index (χ0v) is 12.7. The van der Waals surface area contributed by atoms with Crippen LogP contribution in [0.15, 0.2) is 30.3 Å². The average molecular weight is 306 g/mol. The van der Waals surface area contributed by atoms with E-state index in [1.54, 1.807) is 13.2 Å². The molecule has 0 aliphatic rings. The van der Waals surface area contributed by atoms with Crippen molar-refractivity contribution in [1.29, 1.82) is 0 Å². The molecule has 112 valence electrons. The SMILES string of the molecule is COCCOCCOc1cc(C(N)=S)c2ccccc2n1. The number of thiocarbonyl (C=S) groups is 1. The number of fused-ring (bicyclic) bond motifs is 1. The maximum absolute atomic E-state index is 5.77. The monoisotopic (exact) mass is 306 g/mol. The molecular weight excluding hydrogens is 288 g/mol. The lowest BCUT2D eigenvalue weighted by Crippen LogP contribution is -2.13. The topological polar surface area (TPSA) is 66.6 Å². The summed E-state index contributed by atoms with van der Waals surface area (Å²) in [6.07, 6.45) is 0. The summed E-state index contributed by atoms with van der Waals surface area (Å²) in [7, 11) is 1.64. The Labute approximate surface area is 129 Å². The lowest BCUT2D eigenvalue weighted by Gasteiger charge is -2.10. The summed E-state index contributed by atoms with van der Waals surface area (Å²) in [6.45, 7) is 2.00. The number of pyridine rings is 1. The van der Waals surface area contributed by atoms with Crippen molar-refractivity contribution in [3.8, 4) is 5.88 Å². The number of nitrogens with two attached hydrogens (primary N) is 1. The molecule has 1 aromatic carbocycles. The summed E-state index contributed by atoms with van der Waals surface area (Å²) in [5, 5.41) is 0.925. The lowest BCUT2D eigenvalue weighted by atomic mass is 10.1. The van der Waals surface area contributed by atoms with Gasteiger partial charge in [0.2, 0.25) is 5.88 Å². The van der Waals surface area contributed by atoms with E-state index in [-0.39, 0.29) is 0 Å². The minimum absolute atomic E-state index is 0.329. The number of para-hydroxylation sites is 1. The largest absolute Gasteiger partial charge is 0.475 e. The molecule has 2 aromatic rings. The molecule has 0 spiro atoms. The summed E-state index contributed by atoms with van der Waals surface area (Å²) in [6, 6.07) is 9.44. The Bertz CT molecular complexity index is 619. The number of ether oxygens (including phenoxy) is 3. The van der Waals surface area contributed by atoms with E-state index >= 15 is 0 Å². The second kappa shape index (κ2) is 7.87. The zero-order chi connectivity index (χ0) is 15.1. The van der Waals surface area contributed by atoms with E-state index in [1.165, 1.54) is 0 Å². The Hall–Kier alpha value is -1.76. The van der Waals surface area contributed by atoms with Crippen molar-refractivity contribution in [2.45, 2.75) is 0 Å². The molecule has 0 bridgehead atoms. The van der Waals surface area contributed by atoms with E-state index in [0.29, 0.717) is 37.3 Å². The minimum Gasteiger partial charge on any atom is -0.475 e. The van der Waals surface area contributed by atoms with Gasteiger partial charge in [-0.1, -0.05) is 30.4 Å². The smallest absolute Gasteiger partial charge is 0.214 e. The quantitative estimate of drug-likeness (QED) is 0.593. The van der Waals surface area contributed by atoms with Crippen molar-refractivity contribution in [3.05, 3.63) is 35.9 Å². The predicted octanol–water partition coefficient (Wildman–Crippen LogP) is 1.91. The molecular formula is C15H18N2O3S. The van der Waals surface area contributed by atoms with Gasteiger partial charge in [-0.15, -0.1) is 0 Å². The number of nitrogens with zero attached hydrogens (tertiary/aromatic N) is 1. The molecule has 0 saturated carbocycles. The normalized spacial score (nSPS) is 10.7. The number of methoxy groups -OCH3 is 1. The molecule has 0 amide bonds. The van der Waals surface area contributed by atoms with E-state index < -0.39 is 0 Å². The summed E-state index contributed by atoms with van der Waals surface area (Å²) < 4.78 is 15.8. The van der Waals surface area contributed by atoms with Crippen molar-refractivity contribution in [2.75, 3.05) is 33.5 Å². The van der Waals surface area contributed by atoms with Gasteiger partial charge < -0.3 is 19.9 Å². The highest BCUT2D eigenvalue weighted by Gasteiger charge is 2.08. The predicted molar refractivity (Wildman–Crippen MR) is 85.8 cm³/mol. The first-order valence-electron chi connectivity index (χ1n) is 6.61. The van der Waals surface area contributed by atoms with Crippen LogP contribution in [0.1, 0.15) is 5.56 Å². The second-order valence-corrected chi connectivity index (χ2v) is 4.78. The molecule has 0 aliphatic carbocycles. The Balaban J connectivity index is 2.05. The van der Waals surface area contributed by atoms with Gasteiger partial charge in [0.05, 0.1) is 25.3 Å². The van der Waals surface area contributed by atoms with Crippen LogP contribution >= 0.6 is 12.2 Å². The van der Waals surface area contributed by atoms with Gasteiger partial charge in [-0.2, -0.15) is 0 Å². The van der Waals surface area contributed by atoms with E-state index in [4.69, 9.17) is 32.2 Å². The Kier molecular flexibility index (Phi) is 5.86. The van der Waals surface area contributed by atoms with Gasteiger partial charge in [0.25, 0.3) is 0 Å². The van der Waals surface area contributed by atoms with Gasteiger partial charge in [0.1, 0.15) is 11.6 Å². The van der Waals surface area contributed by atoms with Crippen molar-refractivity contribution < 1.29 is 14.2 Å². The second-order valence-electron chi connectivity index (χ2n) is 4.34. The molecule has 1 aromatic heterocycles. The molecule has 6 heteroatoms. The maximum Gasteiger partial charge on any atom is 0.214 e. The first-order chi connectivity index (χ1) is 10.2. The summed E-state index contributed by atoms with van der Waals surface area (Å²) >= 11 is 5.09. The van der Waals surface area contributed by atoms with Gasteiger partial charge in [-0.3, -0.25) is 0 Å². The molecule has 5 nitrogen and oxygen atoms in total. The summed E-state index contributed by atoms with van der Waals surface area (Å²) in [4.78, 5) is 4.76. The van der Waals surface area contributed by atoms with Crippen LogP contribution in [0.4, 0.5) is 0 Å². The van der Waals surface area contributed by atoms with Crippen LogP contribution < -0.4 is 10.5 Å². The van der Waals surface area contributed by atoms with E-state index in [2.05, 4.69) is 4.98 Å². The van der Waals surface area contributed by atoms with Crippen molar-refractivity contribution in [2.24, 2.45) is 5.73 Å². The van der Waals surface area contributed by atoms with Gasteiger partial charge in [-0.05, 0) is 6.07 Å². The van der Waals surface area contributed by atoms with Crippen molar-refractivity contribution >= 4 is 28.1 Å². The van der Waals surface area contributed by atoms with Gasteiger partial charge in [0.15, 0.2) is 0 Å². The van der Waals surface area contributed by atoms with E-state index in [0.717, 1.165) is 16.5 Å². The van der Waals surface area contributed by atoms with E-state index in [9.17, 15) is 0 Å². The number of hydrogen-bond acceptors (Lipinski definition) is 5. The highest BCUT2D eigenvalue weighted by molar-refractivity contribution is 7.80. The molecule has 2 N–H and O–H groups in total. The summed E-state index contributed by atoms with van der Waals surface area (Å²) in [5.74, 6) is 0.492. The van der Waals surface area contributed by atoms with Crippen LogP contribution in [0.3, 0.4) is 0 Å². The third-order valence-electron chi connectivity index (χ3n) is 2.87. The molecule has 0 aliphatic heterocycles. The molecule has 0 atom stereocenters. The van der Waals surface area contributed by atoms with Crippen LogP contribution in [0.2, 0.25) is 0 Å². The number of rotatable bonds is 8. The van der Waals surface area contributed by atoms with Crippen molar-refractivity contribution in [3.63, 3.8) is 0 Å². The van der Waals surface area contributed by atoms with Crippen LogP contribution in [-0.2, 0) is 9.47 Å². The number of hydrogen-bond donors (Lipinski definition) is 1. The van der Waals surface area contributed by atoms with Gasteiger partial charge >= 0.3 is 0 Å². The molecule has 1 heterocycles. The fourth-order valence-electron chi connectivity index (χ4n) is 1.88. The standard InChI is InChI=1S/C15H18N2O3S/c1-18-6-7-19-8-9-20-14-10-12(15(16)21)11-4-2-3-5-13(11)17-14/h2-5,10H,6-9H2,1H3,(H2,16,21). The molecule has 0 unspecified atom stereocenters. The zero-order valence-electron chi connectivity index (χ0n) is 11.9. The Morgan fingerprint density at radius 2 is 1.95 bits per heavy atom. The molecule has 21 heavy (non-hydrogen) atoms. The van der Waals surface area contributed by atoms with Crippen LogP contribution in [0, 0.1) is 0 Å². The Morgan fingerprint density at radius 3 is 2.71 bits per heavy atom. The Morgan fingerprint density at radius 1 is 1.19 bits per heavy atom. The molecule has 0 radical (unpaired) electrons. The first-order valence-corrected chi connectivity index (χ1v) is 7.02. The molecule has 2 rings (SSSR count). The molecule has 0 saturated heterocycles. The summed E-state index contributed by atoms with van der Waals surface area (Å²) in [5.41, 5.74) is 7.34. The van der Waals surface area contributed by atoms with Crippen LogP contribution in [0.25, 0.3) is 10.9 Å². The average Bonchev–Trinajstić information content (AvgIpc) is 2.49. The minimum atomic E-state index is 0.329. The van der Waals surface area contributed by atoms with Gasteiger partial charge in [0, 0.05) is 24.1 Å².